The van der Waals surface area contributed by atoms with Gasteiger partial charge in [0.25, 0.3) is 0 Å². The van der Waals surface area contributed by atoms with Crippen LogP contribution in [-0.4, -0.2) is 43.7 Å². The minimum absolute atomic E-state index is 0.00716. The largest absolute Gasteiger partial charge is 0.463 e. The smallest absolute Gasteiger partial charge is 0.303 e. The van der Waals surface area contributed by atoms with Crippen molar-refractivity contribution in [1.82, 2.24) is 0 Å². The van der Waals surface area contributed by atoms with E-state index in [4.69, 9.17) is 18.9 Å². The Labute approximate surface area is 131 Å². The van der Waals surface area contributed by atoms with E-state index in [1.807, 2.05) is 6.08 Å². The van der Waals surface area contributed by atoms with E-state index >= 15 is 0 Å². The molecule has 0 radical (unpaired) electrons. The minimum Gasteiger partial charge on any atom is -0.463 e. The Morgan fingerprint density at radius 1 is 1.18 bits per heavy atom. The zero-order valence-corrected chi connectivity index (χ0v) is 13.3. The lowest BCUT2D eigenvalue weighted by molar-refractivity contribution is -0.196. The molecule has 0 aliphatic carbocycles. The molecule has 0 aromatic rings. The summed E-state index contributed by atoms with van der Waals surface area (Å²) in [7, 11) is 0. The molecular formula is C16H24O6. The zero-order valence-electron chi connectivity index (χ0n) is 13.3. The van der Waals surface area contributed by atoms with E-state index in [1.165, 1.54) is 13.8 Å². The molecule has 1 aliphatic rings. The summed E-state index contributed by atoms with van der Waals surface area (Å²) in [6.45, 7) is 5.23. The summed E-state index contributed by atoms with van der Waals surface area (Å²) in [5.74, 6) is -0.836. The maximum absolute atomic E-state index is 11.1. The van der Waals surface area contributed by atoms with Gasteiger partial charge in [0, 0.05) is 13.8 Å². The summed E-state index contributed by atoms with van der Waals surface area (Å²) in [6.07, 6.45) is 7.60. The third kappa shape index (κ3) is 7.38. The van der Waals surface area contributed by atoms with E-state index in [-0.39, 0.29) is 6.61 Å². The monoisotopic (exact) mass is 312 g/mol. The first-order valence-electron chi connectivity index (χ1n) is 7.44. The fourth-order valence-corrected chi connectivity index (χ4v) is 1.89. The van der Waals surface area contributed by atoms with Crippen LogP contribution >= 0.6 is 0 Å². The van der Waals surface area contributed by atoms with Gasteiger partial charge < -0.3 is 18.9 Å². The molecule has 0 aromatic heterocycles. The highest BCUT2D eigenvalue weighted by molar-refractivity contribution is 5.66. The van der Waals surface area contributed by atoms with Gasteiger partial charge in [-0.3, -0.25) is 9.59 Å². The molecule has 3 atom stereocenters. The normalized spacial score (nSPS) is 24.4. The Morgan fingerprint density at radius 3 is 2.59 bits per heavy atom. The number of hydrogen-bond donors (Lipinski definition) is 0. The van der Waals surface area contributed by atoms with E-state index in [1.54, 1.807) is 12.2 Å². The SMILES string of the molecule is CC/C=C/CCO[C@@H]1C=C[C@H](OC(C)=O)[C@@H](COC(C)=O)O1. The number of hydrogen-bond acceptors (Lipinski definition) is 6. The molecule has 0 unspecified atom stereocenters. The number of esters is 2. The summed E-state index contributed by atoms with van der Waals surface area (Å²) >= 11 is 0. The first-order chi connectivity index (χ1) is 10.5. The Balaban J connectivity index is 2.51. The van der Waals surface area contributed by atoms with Gasteiger partial charge in [0.05, 0.1) is 6.61 Å². The van der Waals surface area contributed by atoms with Crippen LogP contribution in [0.2, 0.25) is 0 Å². The van der Waals surface area contributed by atoms with Crippen LogP contribution in [0.4, 0.5) is 0 Å². The summed E-state index contributed by atoms with van der Waals surface area (Å²) < 4.78 is 21.3. The second kappa shape index (κ2) is 10.1. The van der Waals surface area contributed by atoms with Crippen LogP contribution in [0.5, 0.6) is 0 Å². The molecule has 0 spiro atoms. The van der Waals surface area contributed by atoms with E-state index in [0.717, 1.165) is 12.8 Å². The Hall–Kier alpha value is -1.66. The molecule has 22 heavy (non-hydrogen) atoms. The van der Waals surface area contributed by atoms with Crippen LogP contribution in [0.25, 0.3) is 0 Å². The molecule has 1 aliphatic heterocycles. The molecule has 0 amide bonds. The molecule has 0 fully saturated rings. The maximum Gasteiger partial charge on any atom is 0.303 e. The predicted molar refractivity (Wildman–Crippen MR) is 80.0 cm³/mol. The predicted octanol–water partition coefficient (Wildman–Crippen LogP) is 2.14. The average molecular weight is 312 g/mol. The minimum atomic E-state index is -0.586. The lowest BCUT2D eigenvalue weighted by Crippen LogP contribution is -2.42. The van der Waals surface area contributed by atoms with Crippen molar-refractivity contribution in [3.63, 3.8) is 0 Å². The Kier molecular flexibility index (Phi) is 8.47. The van der Waals surface area contributed by atoms with Crippen LogP contribution < -0.4 is 0 Å². The van der Waals surface area contributed by atoms with Crippen LogP contribution in [0.1, 0.15) is 33.6 Å². The molecule has 0 bridgehead atoms. The van der Waals surface area contributed by atoms with Crippen molar-refractivity contribution in [2.24, 2.45) is 0 Å². The maximum atomic E-state index is 11.1. The highest BCUT2D eigenvalue weighted by atomic mass is 16.7. The topological polar surface area (TPSA) is 71.1 Å². The number of rotatable bonds is 8. The number of ether oxygens (including phenoxy) is 4. The zero-order chi connectivity index (χ0) is 16.4. The van der Waals surface area contributed by atoms with Gasteiger partial charge in [0.2, 0.25) is 0 Å². The molecule has 124 valence electrons. The molecule has 6 nitrogen and oxygen atoms in total. The van der Waals surface area contributed by atoms with E-state index in [0.29, 0.717) is 6.61 Å². The second-order valence-corrected chi connectivity index (χ2v) is 4.84. The summed E-state index contributed by atoms with van der Waals surface area (Å²) in [6, 6.07) is 0. The van der Waals surface area contributed by atoms with Crippen molar-refractivity contribution in [1.29, 1.82) is 0 Å². The summed E-state index contributed by atoms with van der Waals surface area (Å²) in [4.78, 5) is 22.0. The molecule has 1 rings (SSSR count). The fraction of sp³-hybridized carbons (Fsp3) is 0.625. The molecule has 1 heterocycles. The van der Waals surface area contributed by atoms with Crippen LogP contribution in [0.15, 0.2) is 24.3 Å². The van der Waals surface area contributed by atoms with E-state index < -0.39 is 30.4 Å². The van der Waals surface area contributed by atoms with Gasteiger partial charge in [-0.2, -0.15) is 0 Å². The third-order valence-electron chi connectivity index (χ3n) is 2.86. The van der Waals surface area contributed by atoms with Crippen molar-refractivity contribution in [3.05, 3.63) is 24.3 Å². The molecule has 0 saturated carbocycles. The van der Waals surface area contributed by atoms with Gasteiger partial charge in [-0.05, 0) is 25.0 Å². The van der Waals surface area contributed by atoms with Crippen LogP contribution in [0.3, 0.4) is 0 Å². The van der Waals surface area contributed by atoms with Crippen LogP contribution in [-0.2, 0) is 28.5 Å². The first-order valence-corrected chi connectivity index (χ1v) is 7.44. The van der Waals surface area contributed by atoms with Gasteiger partial charge >= 0.3 is 11.9 Å². The van der Waals surface area contributed by atoms with Gasteiger partial charge in [-0.1, -0.05) is 19.1 Å². The van der Waals surface area contributed by atoms with Crippen LogP contribution in [0, 0.1) is 0 Å². The summed E-state index contributed by atoms with van der Waals surface area (Å²) in [5.41, 5.74) is 0. The van der Waals surface area contributed by atoms with Gasteiger partial charge in [-0.25, -0.2) is 0 Å². The van der Waals surface area contributed by atoms with E-state index in [9.17, 15) is 9.59 Å². The van der Waals surface area contributed by atoms with Gasteiger partial charge in [-0.15, -0.1) is 0 Å². The Bertz CT molecular complexity index is 415. The molecule has 0 aromatic carbocycles. The van der Waals surface area contributed by atoms with Gasteiger partial charge in [0.1, 0.15) is 18.8 Å². The van der Waals surface area contributed by atoms with Crippen molar-refractivity contribution in [3.8, 4) is 0 Å². The van der Waals surface area contributed by atoms with Crippen molar-refractivity contribution < 1.29 is 28.5 Å². The highest BCUT2D eigenvalue weighted by Gasteiger charge is 2.30. The number of carbonyl (C=O) groups excluding carboxylic acids is 2. The Morgan fingerprint density at radius 2 is 1.95 bits per heavy atom. The lowest BCUT2D eigenvalue weighted by atomic mass is 10.1. The van der Waals surface area contributed by atoms with Crippen molar-refractivity contribution in [2.45, 2.75) is 52.1 Å². The molecule has 0 N–H and O–H groups in total. The second-order valence-electron chi connectivity index (χ2n) is 4.84. The number of allylic oxidation sites excluding steroid dienone is 1. The molecular weight excluding hydrogens is 288 g/mol. The number of carbonyl (C=O) groups is 2. The highest BCUT2D eigenvalue weighted by Crippen LogP contribution is 2.18. The first kappa shape index (κ1) is 18.4. The quantitative estimate of drug-likeness (QED) is 0.388. The molecule has 6 heteroatoms. The third-order valence-corrected chi connectivity index (χ3v) is 2.86. The average Bonchev–Trinajstić information content (AvgIpc) is 2.46. The van der Waals surface area contributed by atoms with E-state index in [2.05, 4.69) is 13.0 Å². The fourth-order valence-electron chi connectivity index (χ4n) is 1.89. The molecule has 0 saturated heterocycles. The summed E-state index contributed by atoms with van der Waals surface area (Å²) in [5, 5.41) is 0. The standard InChI is InChI=1S/C16H24O6/c1-4-5-6-7-10-19-16-9-8-14(21-13(3)18)15(22-16)11-20-12(2)17/h5-6,8-9,14-16H,4,7,10-11H2,1-3H3/b6-5+/t14-,15+,16-/m0/s1. The van der Waals surface area contributed by atoms with Gasteiger partial charge in [0.15, 0.2) is 6.29 Å². The van der Waals surface area contributed by atoms with Crippen molar-refractivity contribution >= 4 is 11.9 Å². The lowest BCUT2D eigenvalue weighted by Gasteiger charge is -2.31. The van der Waals surface area contributed by atoms with Crippen molar-refractivity contribution in [2.75, 3.05) is 13.2 Å².